The molecule has 0 radical (unpaired) electrons. The van der Waals surface area contributed by atoms with E-state index in [2.05, 4.69) is 5.32 Å². The standard InChI is InChI=1S/C21H25FN2O4/c1-16(25)24(13-11-17-3-5-18(22)6-4-17)15-21(26)23-12-14-28-20-9-7-19(27-2)8-10-20/h3-10H,11-15H2,1-2H3,(H,23,26). The summed E-state index contributed by atoms with van der Waals surface area (Å²) >= 11 is 0. The maximum absolute atomic E-state index is 12.9. The Bertz CT molecular complexity index is 763. The Morgan fingerprint density at radius 1 is 1.04 bits per heavy atom. The lowest BCUT2D eigenvalue weighted by atomic mass is 10.1. The number of carbonyl (C=O) groups excluding carboxylic acids is 2. The van der Waals surface area contributed by atoms with E-state index in [1.807, 2.05) is 0 Å². The van der Waals surface area contributed by atoms with Crippen molar-refractivity contribution in [2.24, 2.45) is 0 Å². The van der Waals surface area contributed by atoms with Gasteiger partial charge in [0.05, 0.1) is 20.2 Å². The zero-order valence-corrected chi connectivity index (χ0v) is 16.1. The van der Waals surface area contributed by atoms with Gasteiger partial charge in [0.2, 0.25) is 11.8 Å². The molecule has 2 rings (SSSR count). The molecule has 0 bridgehead atoms. The van der Waals surface area contributed by atoms with Crippen molar-refractivity contribution >= 4 is 11.8 Å². The van der Waals surface area contributed by atoms with Gasteiger partial charge in [0, 0.05) is 13.5 Å². The van der Waals surface area contributed by atoms with Gasteiger partial charge >= 0.3 is 0 Å². The summed E-state index contributed by atoms with van der Waals surface area (Å²) in [6.45, 7) is 2.42. The average Bonchev–Trinajstić information content (AvgIpc) is 2.70. The molecule has 0 saturated carbocycles. The number of rotatable bonds is 10. The van der Waals surface area contributed by atoms with Crippen LogP contribution in [-0.4, -0.2) is 50.1 Å². The van der Waals surface area contributed by atoms with Crippen molar-refractivity contribution in [2.45, 2.75) is 13.3 Å². The minimum Gasteiger partial charge on any atom is -0.497 e. The number of carbonyl (C=O) groups is 2. The molecule has 7 heteroatoms. The van der Waals surface area contributed by atoms with Crippen LogP contribution in [0.15, 0.2) is 48.5 Å². The smallest absolute Gasteiger partial charge is 0.239 e. The van der Waals surface area contributed by atoms with E-state index in [1.165, 1.54) is 24.0 Å². The van der Waals surface area contributed by atoms with Crippen molar-refractivity contribution in [3.63, 3.8) is 0 Å². The molecule has 0 aliphatic heterocycles. The molecule has 0 saturated heterocycles. The van der Waals surface area contributed by atoms with Crippen LogP contribution in [0.25, 0.3) is 0 Å². The normalized spacial score (nSPS) is 10.2. The molecule has 0 unspecified atom stereocenters. The predicted molar refractivity (Wildman–Crippen MR) is 104 cm³/mol. The van der Waals surface area contributed by atoms with E-state index in [0.717, 1.165) is 11.3 Å². The van der Waals surface area contributed by atoms with Crippen LogP contribution in [0, 0.1) is 5.82 Å². The van der Waals surface area contributed by atoms with E-state index in [-0.39, 0.29) is 24.2 Å². The van der Waals surface area contributed by atoms with Crippen LogP contribution in [-0.2, 0) is 16.0 Å². The van der Waals surface area contributed by atoms with E-state index in [0.29, 0.717) is 31.9 Å². The SMILES string of the molecule is COc1ccc(OCCNC(=O)CN(CCc2ccc(F)cc2)C(C)=O)cc1. The van der Waals surface area contributed by atoms with Gasteiger partial charge in [0.1, 0.15) is 23.9 Å². The Kier molecular flexibility index (Phi) is 8.27. The molecule has 0 atom stereocenters. The fourth-order valence-corrected chi connectivity index (χ4v) is 2.52. The first kappa shape index (κ1) is 21.2. The lowest BCUT2D eigenvalue weighted by Crippen LogP contribution is -2.41. The highest BCUT2D eigenvalue weighted by atomic mass is 19.1. The largest absolute Gasteiger partial charge is 0.497 e. The van der Waals surface area contributed by atoms with Crippen LogP contribution in [0.5, 0.6) is 11.5 Å². The van der Waals surface area contributed by atoms with Crippen LogP contribution in [0.1, 0.15) is 12.5 Å². The number of hydrogen-bond donors (Lipinski definition) is 1. The second-order valence-corrected chi connectivity index (χ2v) is 6.19. The van der Waals surface area contributed by atoms with Crippen LogP contribution in [0.2, 0.25) is 0 Å². The minimum atomic E-state index is -0.302. The molecule has 0 fully saturated rings. The van der Waals surface area contributed by atoms with E-state index < -0.39 is 0 Å². The Hall–Kier alpha value is -3.09. The molecule has 2 aromatic carbocycles. The van der Waals surface area contributed by atoms with Gasteiger partial charge in [-0.25, -0.2) is 4.39 Å². The van der Waals surface area contributed by atoms with Crippen LogP contribution < -0.4 is 14.8 Å². The fraction of sp³-hybridized carbons (Fsp3) is 0.333. The molecule has 6 nitrogen and oxygen atoms in total. The first-order chi connectivity index (χ1) is 13.5. The van der Waals surface area contributed by atoms with Gasteiger partial charge in [-0.15, -0.1) is 0 Å². The average molecular weight is 388 g/mol. The number of benzene rings is 2. The molecule has 2 aromatic rings. The van der Waals surface area contributed by atoms with Crippen molar-refractivity contribution in [3.05, 3.63) is 59.9 Å². The summed E-state index contributed by atoms with van der Waals surface area (Å²) in [6.07, 6.45) is 0.549. The third kappa shape index (κ3) is 7.26. The first-order valence-corrected chi connectivity index (χ1v) is 9.01. The van der Waals surface area contributed by atoms with Gasteiger partial charge in [0.25, 0.3) is 0 Å². The molecule has 0 aromatic heterocycles. The third-order valence-corrected chi connectivity index (χ3v) is 4.12. The van der Waals surface area contributed by atoms with Gasteiger partial charge in [-0.05, 0) is 48.4 Å². The highest BCUT2D eigenvalue weighted by Gasteiger charge is 2.13. The Labute approximate surface area is 164 Å². The van der Waals surface area contributed by atoms with Crippen molar-refractivity contribution in [2.75, 3.05) is 33.4 Å². The number of hydrogen-bond acceptors (Lipinski definition) is 4. The highest BCUT2D eigenvalue weighted by Crippen LogP contribution is 2.16. The molecule has 150 valence electrons. The van der Waals surface area contributed by atoms with E-state index in [1.54, 1.807) is 43.5 Å². The summed E-state index contributed by atoms with van der Waals surface area (Å²) in [7, 11) is 1.59. The minimum absolute atomic E-state index is 0.0287. The quantitative estimate of drug-likeness (QED) is 0.635. The van der Waals surface area contributed by atoms with Crippen LogP contribution in [0.4, 0.5) is 4.39 Å². The third-order valence-electron chi connectivity index (χ3n) is 4.12. The van der Waals surface area contributed by atoms with Crippen LogP contribution >= 0.6 is 0 Å². The monoisotopic (exact) mass is 388 g/mol. The van der Waals surface area contributed by atoms with Gasteiger partial charge in [-0.1, -0.05) is 12.1 Å². The Morgan fingerprint density at radius 3 is 2.29 bits per heavy atom. The summed E-state index contributed by atoms with van der Waals surface area (Å²) in [6, 6.07) is 13.3. The molecule has 0 heterocycles. The summed E-state index contributed by atoms with van der Waals surface area (Å²) in [5.74, 6) is 0.674. The summed E-state index contributed by atoms with van der Waals surface area (Å²) in [5.41, 5.74) is 0.904. The number of ether oxygens (including phenoxy) is 2. The maximum atomic E-state index is 12.9. The summed E-state index contributed by atoms with van der Waals surface area (Å²) in [5, 5.41) is 2.73. The lowest BCUT2D eigenvalue weighted by molar-refractivity contribution is -0.134. The Morgan fingerprint density at radius 2 is 1.68 bits per heavy atom. The Balaban J connectivity index is 1.70. The van der Waals surface area contributed by atoms with Crippen molar-refractivity contribution in [1.82, 2.24) is 10.2 Å². The van der Waals surface area contributed by atoms with E-state index >= 15 is 0 Å². The second-order valence-electron chi connectivity index (χ2n) is 6.19. The summed E-state index contributed by atoms with van der Waals surface area (Å²) in [4.78, 5) is 25.3. The molecule has 0 aliphatic rings. The van der Waals surface area contributed by atoms with Gasteiger partial charge < -0.3 is 19.7 Å². The number of nitrogens with zero attached hydrogens (tertiary/aromatic N) is 1. The highest BCUT2D eigenvalue weighted by molar-refractivity contribution is 5.83. The van der Waals surface area contributed by atoms with Crippen LogP contribution in [0.3, 0.4) is 0 Å². The lowest BCUT2D eigenvalue weighted by Gasteiger charge is -2.20. The van der Waals surface area contributed by atoms with E-state index in [9.17, 15) is 14.0 Å². The second kappa shape index (κ2) is 10.9. The number of methoxy groups -OCH3 is 1. The van der Waals surface area contributed by atoms with Gasteiger partial charge in [0.15, 0.2) is 0 Å². The topological polar surface area (TPSA) is 67.9 Å². The zero-order valence-electron chi connectivity index (χ0n) is 16.1. The molecule has 2 amide bonds. The van der Waals surface area contributed by atoms with Crippen molar-refractivity contribution in [3.8, 4) is 11.5 Å². The van der Waals surface area contributed by atoms with Gasteiger partial charge in [-0.3, -0.25) is 9.59 Å². The van der Waals surface area contributed by atoms with Crippen molar-refractivity contribution < 1.29 is 23.5 Å². The number of halogens is 1. The molecule has 0 spiro atoms. The molecule has 0 aliphatic carbocycles. The van der Waals surface area contributed by atoms with E-state index in [4.69, 9.17) is 9.47 Å². The summed E-state index contributed by atoms with van der Waals surface area (Å²) < 4.78 is 23.6. The van der Waals surface area contributed by atoms with Gasteiger partial charge in [-0.2, -0.15) is 0 Å². The zero-order chi connectivity index (χ0) is 20.4. The molecule has 1 N–H and O–H groups in total. The number of nitrogens with one attached hydrogen (secondary N) is 1. The molecular weight excluding hydrogens is 363 g/mol. The van der Waals surface area contributed by atoms with Crippen molar-refractivity contribution in [1.29, 1.82) is 0 Å². The maximum Gasteiger partial charge on any atom is 0.239 e. The molecule has 28 heavy (non-hydrogen) atoms. The number of amides is 2. The molecular formula is C21H25FN2O4. The predicted octanol–water partition coefficient (Wildman–Crippen LogP) is 2.42. The fourth-order valence-electron chi connectivity index (χ4n) is 2.52. The first-order valence-electron chi connectivity index (χ1n) is 9.01.